The van der Waals surface area contributed by atoms with E-state index in [1.165, 1.54) is 19.3 Å². The zero-order valence-electron chi connectivity index (χ0n) is 10.9. The highest BCUT2D eigenvalue weighted by Gasteiger charge is 2.25. The van der Waals surface area contributed by atoms with Crippen LogP contribution in [0.1, 0.15) is 65.2 Å². The number of rotatable bonds is 6. The van der Waals surface area contributed by atoms with Crippen molar-refractivity contribution in [1.82, 2.24) is 0 Å². The number of carbonyl (C=O) groups excluding carboxylic acids is 1. The Morgan fingerprint density at radius 2 is 2.19 bits per heavy atom. The summed E-state index contributed by atoms with van der Waals surface area (Å²) in [6, 6.07) is 0.238. The second kappa shape index (κ2) is 7.05. The van der Waals surface area contributed by atoms with Crippen LogP contribution in [-0.4, -0.2) is 11.8 Å². The van der Waals surface area contributed by atoms with Crippen LogP contribution in [-0.2, 0) is 4.79 Å². The molecule has 0 aromatic rings. The number of hydrogen-bond acceptors (Lipinski definition) is 2. The van der Waals surface area contributed by atoms with Crippen molar-refractivity contribution in [2.24, 2.45) is 17.6 Å². The summed E-state index contributed by atoms with van der Waals surface area (Å²) in [4.78, 5) is 12.0. The van der Waals surface area contributed by atoms with E-state index in [-0.39, 0.29) is 6.04 Å². The van der Waals surface area contributed by atoms with Gasteiger partial charge in [-0.05, 0) is 38.5 Å². The molecule has 0 heterocycles. The van der Waals surface area contributed by atoms with Crippen LogP contribution in [0, 0.1) is 11.8 Å². The Morgan fingerprint density at radius 1 is 1.44 bits per heavy atom. The molecule has 0 aliphatic heterocycles. The van der Waals surface area contributed by atoms with Crippen molar-refractivity contribution in [2.75, 3.05) is 0 Å². The first-order chi connectivity index (χ1) is 7.63. The van der Waals surface area contributed by atoms with Crippen LogP contribution in [0.5, 0.6) is 0 Å². The van der Waals surface area contributed by atoms with Gasteiger partial charge in [-0.2, -0.15) is 0 Å². The lowest BCUT2D eigenvalue weighted by Crippen LogP contribution is -2.23. The van der Waals surface area contributed by atoms with E-state index in [0.717, 1.165) is 38.0 Å². The van der Waals surface area contributed by atoms with Gasteiger partial charge in [-0.25, -0.2) is 0 Å². The molecule has 16 heavy (non-hydrogen) atoms. The number of ketones is 1. The predicted octanol–water partition coefficient (Wildman–Crippen LogP) is 3.29. The lowest BCUT2D eigenvalue weighted by molar-refractivity contribution is -0.124. The highest BCUT2D eigenvalue weighted by Crippen LogP contribution is 2.32. The van der Waals surface area contributed by atoms with E-state index in [1.54, 1.807) is 0 Å². The smallest absolute Gasteiger partial charge is 0.135 e. The van der Waals surface area contributed by atoms with Crippen molar-refractivity contribution in [2.45, 2.75) is 71.3 Å². The maximum atomic E-state index is 12.0. The molecule has 1 aliphatic carbocycles. The summed E-state index contributed by atoms with van der Waals surface area (Å²) in [6.45, 7) is 4.26. The van der Waals surface area contributed by atoms with Gasteiger partial charge >= 0.3 is 0 Å². The fourth-order valence-electron chi connectivity index (χ4n) is 2.76. The lowest BCUT2D eigenvalue weighted by atomic mass is 9.77. The van der Waals surface area contributed by atoms with Crippen molar-refractivity contribution in [3.05, 3.63) is 0 Å². The molecule has 1 aliphatic rings. The van der Waals surface area contributed by atoms with Gasteiger partial charge in [0.2, 0.25) is 0 Å². The fraction of sp³-hybridized carbons (Fsp3) is 0.929. The van der Waals surface area contributed by atoms with Gasteiger partial charge in [-0.3, -0.25) is 4.79 Å². The van der Waals surface area contributed by atoms with Crippen LogP contribution < -0.4 is 5.73 Å². The fourth-order valence-corrected chi connectivity index (χ4v) is 2.76. The minimum atomic E-state index is 0.238. The highest BCUT2D eigenvalue weighted by atomic mass is 16.1. The van der Waals surface area contributed by atoms with Gasteiger partial charge in [0.1, 0.15) is 5.78 Å². The Hall–Kier alpha value is -0.370. The summed E-state index contributed by atoms with van der Waals surface area (Å²) < 4.78 is 0. The molecule has 1 saturated carbocycles. The average molecular weight is 225 g/mol. The molecule has 0 aromatic carbocycles. The largest absolute Gasteiger partial charge is 0.328 e. The maximum Gasteiger partial charge on any atom is 0.135 e. The molecule has 1 rings (SSSR count). The second-order valence-electron chi connectivity index (χ2n) is 5.47. The van der Waals surface area contributed by atoms with Gasteiger partial charge in [0.25, 0.3) is 0 Å². The number of carbonyl (C=O) groups is 1. The Morgan fingerprint density at radius 3 is 2.81 bits per heavy atom. The van der Waals surface area contributed by atoms with Crippen LogP contribution in [0.3, 0.4) is 0 Å². The van der Waals surface area contributed by atoms with E-state index in [0.29, 0.717) is 11.7 Å². The molecule has 0 bridgehead atoms. The third-order valence-electron chi connectivity index (χ3n) is 3.90. The van der Waals surface area contributed by atoms with Gasteiger partial charge in [0, 0.05) is 18.4 Å². The van der Waals surface area contributed by atoms with E-state index in [9.17, 15) is 4.79 Å². The van der Waals surface area contributed by atoms with Crippen molar-refractivity contribution < 1.29 is 4.79 Å². The van der Waals surface area contributed by atoms with E-state index < -0.39 is 0 Å². The first kappa shape index (κ1) is 13.7. The maximum absolute atomic E-state index is 12.0. The Kier molecular flexibility index (Phi) is 6.04. The molecule has 0 aromatic heterocycles. The molecule has 0 radical (unpaired) electrons. The summed E-state index contributed by atoms with van der Waals surface area (Å²) in [6.07, 6.45) is 8.81. The van der Waals surface area contributed by atoms with Crippen LogP contribution in [0.25, 0.3) is 0 Å². The van der Waals surface area contributed by atoms with Gasteiger partial charge in [0.05, 0.1) is 0 Å². The normalized spacial score (nSPS) is 27.7. The van der Waals surface area contributed by atoms with Gasteiger partial charge < -0.3 is 5.73 Å². The van der Waals surface area contributed by atoms with Crippen molar-refractivity contribution in [3.8, 4) is 0 Å². The van der Waals surface area contributed by atoms with Crippen molar-refractivity contribution >= 4 is 5.78 Å². The van der Waals surface area contributed by atoms with Crippen LogP contribution >= 0.6 is 0 Å². The number of hydrogen-bond donors (Lipinski definition) is 1. The topological polar surface area (TPSA) is 43.1 Å². The van der Waals surface area contributed by atoms with Crippen LogP contribution in [0.4, 0.5) is 0 Å². The minimum absolute atomic E-state index is 0.238. The standard InChI is InChI=1S/C14H27NO/c1-3-12-7-5-8-13(10-12)14(16)9-4-6-11(2)15/h11-13H,3-10,15H2,1-2H3. The van der Waals surface area contributed by atoms with Gasteiger partial charge in [-0.15, -0.1) is 0 Å². The Labute approximate surface area is 100.0 Å². The van der Waals surface area contributed by atoms with E-state index in [1.807, 2.05) is 6.92 Å². The van der Waals surface area contributed by atoms with Gasteiger partial charge in [0.15, 0.2) is 0 Å². The molecule has 3 atom stereocenters. The first-order valence-electron chi connectivity index (χ1n) is 6.91. The molecule has 3 unspecified atom stereocenters. The first-order valence-corrected chi connectivity index (χ1v) is 6.91. The zero-order valence-corrected chi connectivity index (χ0v) is 10.9. The summed E-state index contributed by atoms with van der Waals surface area (Å²) in [7, 11) is 0. The molecule has 94 valence electrons. The lowest BCUT2D eigenvalue weighted by Gasteiger charge is -2.27. The molecule has 0 spiro atoms. The van der Waals surface area contributed by atoms with Crippen molar-refractivity contribution in [3.63, 3.8) is 0 Å². The summed E-state index contributed by atoms with van der Waals surface area (Å²) >= 11 is 0. The monoisotopic (exact) mass is 225 g/mol. The molecular formula is C14H27NO. The zero-order chi connectivity index (χ0) is 12.0. The molecule has 2 heteroatoms. The average Bonchev–Trinajstić information content (AvgIpc) is 2.28. The quantitative estimate of drug-likeness (QED) is 0.753. The van der Waals surface area contributed by atoms with Crippen LogP contribution in [0.2, 0.25) is 0 Å². The molecule has 2 nitrogen and oxygen atoms in total. The molecule has 0 amide bonds. The molecule has 2 N–H and O–H groups in total. The minimum Gasteiger partial charge on any atom is -0.328 e. The molecular weight excluding hydrogens is 198 g/mol. The Balaban J connectivity index is 2.24. The second-order valence-corrected chi connectivity index (χ2v) is 5.47. The summed E-state index contributed by atoms with van der Waals surface area (Å²) in [5, 5.41) is 0. The molecule has 1 fully saturated rings. The number of Topliss-reactive ketones (excluding diaryl/α,β-unsaturated/α-hetero) is 1. The van der Waals surface area contributed by atoms with E-state index in [4.69, 9.17) is 5.73 Å². The number of nitrogens with two attached hydrogens (primary N) is 1. The third-order valence-corrected chi connectivity index (χ3v) is 3.90. The summed E-state index contributed by atoms with van der Waals surface area (Å²) in [5.41, 5.74) is 5.69. The van der Waals surface area contributed by atoms with E-state index >= 15 is 0 Å². The van der Waals surface area contributed by atoms with Crippen LogP contribution in [0.15, 0.2) is 0 Å². The highest BCUT2D eigenvalue weighted by molar-refractivity contribution is 5.81. The predicted molar refractivity (Wildman–Crippen MR) is 68.2 cm³/mol. The van der Waals surface area contributed by atoms with Crippen molar-refractivity contribution in [1.29, 1.82) is 0 Å². The summed E-state index contributed by atoms with van der Waals surface area (Å²) in [5.74, 6) is 1.67. The Bertz CT molecular complexity index is 213. The van der Waals surface area contributed by atoms with Gasteiger partial charge in [-0.1, -0.05) is 26.2 Å². The third kappa shape index (κ3) is 4.65. The van der Waals surface area contributed by atoms with E-state index in [2.05, 4.69) is 6.92 Å². The SMILES string of the molecule is CCC1CCCC(C(=O)CCCC(C)N)C1. The molecule has 0 saturated heterocycles.